The maximum atomic E-state index is 12.6. The number of aliphatic hydroxyl groups excluding tert-OH is 1. The average molecular weight is 331 g/mol. The molecule has 0 spiro atoms. The Morgan fingerprint density at radius 2 is 2.25 bits per heavy atom. The van der Waals surface area contributed by atoms with E-state index in [1.165, 1.54) is 7.11 Å². The molecular weight excluding hydrogens is 310 g/mol. The van der Waals surface area contributed by atoms with E-state index in [1.807, 2.05) is 6.07 Å². The molecule has 2 aromatic rings. The minimum Gasteiger partial charge on any atom is -0.493 e. The SMILES string of the molecule is COc1ccc(C(=O)N[C@@H]2CCCc3occc32)cc1OCCO. The largest absolute Gasteiger partial charge is 0.493 e. The molecule has 3 rings (SSSR count). The third-order valence-electron chi connectivity index (χ3n) is 4.13. The lowest BCUT2D eigenvalue weighted by molar-refractivity contribution is 0.0931. The van der Waals surface area contributed by atoms with Crippen molar-refractivity contribution in [2.75, 3.05) is 20.3 Å². The molecular formula is C18H21NO5. The van der Waals surface area contributed by atoms with Crippen molar-refractivity contribution in [3.05, 3.63) is 47.4 Å². The number of methoxy groups -OCH3 is 1. The van der Waals surface area contributed by atoms with Crippen LogP contribution in [0.15, 0.2) is 34.9 Å². The zero-order chi connectivity index (χ0) is 16.9. The maximum Gasteiger partial charge on any atom is 0.251 e. The van der Waals surface area contributed by atoms with Crippen molar-refractivity contribution in [2.24, 2.45) is 0 Å². The second-order valence-corrected chi connectivity index (χ2v) is 5.66. The highest BCUT2D eigenvalue weighted by atomic mass is 16.5. The zero-order valence-electron chi connectivity index (χ0n) is 13.6. The molecule has 1 aliphatic carbocycles. The Morgan fingerprint density at radius 1 is 1.38 bits per heavy atom. The number of furan rings is 1. The molecule has 128 valence electrons. The van der Waals surface area contributed by atoms with Crippen LogP contribution in [0.3, 0.4) is 0 Å². The van der Waals surface area contributed by atoms with Gasteiger partial charge in [-0.25, -0.2) is 0 Å². The molecule has 0 fully saturated rings. The summed E-state index contributed by atoms with van der Waals surface area (Å²) < 4.78 is 16.1. The predicted molar refractivity (Wildman–Crippen MR) is 87.4 cm³/mol. The summed E-state index contributed by atoms with van der Waals surface area (Å²) in [4.78, 5) is 12.6. The molecule has 0 radical (unpaired) electrons. The van der Waals surface area contributed by atoms with Crippen molar-refractivity contribution in [1.29, 1.82) is 0 Å². The predicted octanol–water partition coefficient (Wildman–Crippen LogP) is 2.47. The first kappa shape index (κ1) is 16.4. The Kier molecular flexibility index (Phi) is 5.05. The standard InChI is InChI=1S/C18H21NO5/c1-22-16-6-5-12(11-17(16)24-10-8-20)18(21)19-14-3-2-4-15-13(14)7-9-23-15/h5-7,9,11,14,20H,2-4,8,10H2,1H3,(H,19,21)/t14-/m1/s1. The lowest BCUT2D eigenvalue weighted by Crippen LogP contribution is -2.30. The van der Waals surface area contributed by atoms with Crippen LogP contribution in [-0.2, 0) is 6.42 Å². The molecule has 2 N–H and O–H groups in total. The van der Waals surface area contributed by atoms with E-state index in [0.29, 0.717) is 17.1 Å². The molecule has 0 saturated carbocycles. The Labute approximate surface area is 140 Å². The number of fused-ring (bicyclic) bond motifs is 1. The van der Waals surface area contributed by atoms with Gasteiger partial charge in [0.05, 0.1) is 26.0 Å². The molecule has 0 bridgehead atoms. The van der Waals surface area contributed by atoms with Gasteiger partial charge in [0.15, 0.2) is 11.5 Å². The van der Waals surface area contributed by atoms with Crippen molar-refractivity contribution in [3.63, 3.8) is 0 Å². The molecule has 6 heteroatoms. The number of carbonyl (C=O) groups excluding carboxylic acids is 1. The average Bonchev–Trinajstić information content (AvgIpc) is 3.09. The summed E-state index contributed by atoms with van der Waals surface area (Å²) in [5, 5.41) is 12.0. The highest BCUT2D eigenvalue weighted by molar-refractivity contribution is 5.95. The molecule has 1 heterocycles. The van der Waals surface area contributed by atoms with E-state index in [9.17, 15) is 4.79 Å². The number of benzene rings is 1. The van der Waals surface area contributed by atoms with Crippen LogP contribution in [0.5, 0.6) is 11.5 Å². The summed E-state index contributed by atoms with van der Waals surface area (Å²) in [6, 6.07) is 6.89. The Bertz CT molecular complexity index is 709. The second-order valence-electron chi connectivity index (χ2n) is 5.66. The van der Waals surface area contributed by atoms with Crippen molar-refractivity contribution >= 4 is 5.91 Å². The zero-order valence-corrected chi connectivity index (χ0v) is 13.6. The van der Waals surface area contributed by atoms with Crippen LogP contribution in [0.2, 0.25) is 0 Å². The van der Waals surface area contributed by atoms with Gasteiger partial charge in [-0.15, -0.1) is 0 Å². The molecule has 0 saturated heterocycles. The monoisotopic (exact) mass is 331 g/mol. The van der Waals surface area contributed by atoms with Gasteiger partial charge in [-0.2, -0.15) is 0 Å². The molecule has 1 aromatic heterocycles. The summed E-state index contributed by atoms with van der Waals surface area (Å²) in [5.74, 6) is 1.74. The number of hydrogen-bond donors (Lipinski definition) is 2. The molecule has 1 amide bonds. The van der Waals surface area contributed by atoms with Gasteiger partial charge < -0.3 is 24.3 Å². The molecule has 6 nitrogen and oxygen atoms in total. The van der Waals surface area contributed by atoms with Crippen molar-refractivity contribution in [3.8, 4) is 11.5 Å². The normalized spacial score (nSPS) is 16.3. The molecule has 24 heavy (non-hydrogen) atoms. The summed E-state index contributed by atoms with van der Waals surface area (Å²) in [5.41, 5.74) is 1.54. The van der Waals surface area contributed by atoms with Crippen LogP contribution in [-0.4, -0.2) is 31.3 Å². The number of amides is 1. The summed E-state index contributed by atoms with van der Waals surface area (Å²) in [6.45, 7) is 0.0351. The van der Waals surface area contributed by atoms with Crippen LogP contribution < -0.4 is 14.8 Å². The number of ether oxygens (including phenoxy) is 2. The minimum atomic E-state index is -0.175. The lowest BCUT2D eigenvalue weighted by atomic mass is 9.93. The fourth-order valence-corrected chi connectivity index (χ4v) is 2.96. The van der Waals surface area contributed by atoms with E-state index in [2.05, 4.69) is 5.32 Å². The smallest absolute Gasteiger partial charge is 0.251 e. The summed E-state index contributed by atoms with van der Waals surface area (Å²) >= 11 is 0. The highest BCUT2D eigenvalue weighted by Crippen LogP contribution is 2.32. The topological polar surface area (TPSA) is 80.9 Å². The van der Waals surface area contributed by atoms with E-state index in [-0.39, 0.29) is 25.2 Å². The maximum absolute atomic E-state index is 12.6. The molecule has 0 aliphatic heterocycles. The second kappa shape index (κ2) is 7.40. The summed E-state index contributed by atoms with van der Waals surface area (Å²) in [6.07, 6.45) is 4.46. The number of rotatable bonds is 6. The van der Waals surface area contributed by atoms with Crippen molar-refractivity contribution in [1.82, 2.24) is 5.32 Å². The number of carbonyl (C=O) groups is 1. The van der Waals surface area contributed by atoms with Gasteiger partial charge in [-0.1, -0.05) is 0 Å². The summed E-state index contributed by atoms with van der Waals surface area (Å²) in [7, 11) is 1.53. The van der Waals surface area contributed by atoms with Gasteiger partial charge in [-0.05, 0) is 37.1 Å². The van der Waals surface area contributed by atoms with Gasteiger partial charge in [0, 0.05) is 17.5 Å². The molecule has 1 atom stereocenters. The van der Waals surface area contributed by atoms with E-state index < -0.39 is 0 Å². The Balaban J connectivity index is 1.76. The lowest BCUT2D eigenvalue weighted by Gasteiger charge is -2.23. The number of aryl methyl sites for hydroxylation is 1. The van der Waals surface area contributed by atoms with Gasteiger partial charge >= 0.3 is 0 Å². The van der Waals surface area contributed by atoms with Gasteiger partial charge in [-0.3, -0.25) is 4.79 Å². The number of aliphatic hydroxyl groups is 1. The minimum absolute atomic E-state index is 0.0380. The van der Waals surface area contributed by atoms with Crippen molar-refractivity contribution < 1.29 is 23.8 Å². The van der Waals surface area contributed by atoms with Gasteiger partial charge in [0.25, 0.3) is 5.91 Å². The van der Waals surface area contributed by atoms with E-state index in [1.54, 1.807) is 24.5 Å². The van der Waals surface area contributed by atoms with Gasteiger partial charge in [0.1, 0.15) is 12.4 Å². The van der Waals surface area contributed by atoms with Crippen LogP contribution >= 0.6 is 0 Å². The first-order valence-electron chi connectivity index (χ1n) is 8.01. The Hall–Kier alpha value is -2.47. The fourth-order valence-electron chi connectivity index (χ4n) is 2.96. The first-order valence-corrected chi connectivity index (χ1v) is 8.01. The van der Waals surface area contributed by atoms with Crippen LogP contribution in [0, 0.1) is 0 Å². The van der Waals surface area contributed by atoms with E-state index >= 15 is 0 Å². The van der Waals surface area contributed by atoms with E-state index in [4.69, 9.17) is 19.0 Å². The van der Waals surface area contributed by atoms with Crippen LogP contribution in [0.25, 0.3) is 0 Å². The molecule has 1 aromatic carbocycles. The Morgan fingerprint density at radius 3 is 3.04 bits per heavy atom. The highest BCUT2D eigenvalue weighted by Gasteiger charge is 2.24. The quantitative estimate of drug-likeness (QED) is 0.850. The van der Waals surface area contributed by atoms with Crippen LogP contribution in [0.1, 0.15) is 40.6 Å². The van der Waals surface area contributed by atoms with Gasteiger partial charge in [0.2, 0.25) is 0 Å². The number of nitrogens with one attached hydrogen (secondary N) is 1. The van der Waals surface area contributed by atoms with Crippen LogP contribution in [0.4, 0.5) is 0 Å². The van der Waals surface area contributed by atoms with E-state index in [0.717, 1.165) is 30.6 Å². The molecule has 1 aliphatic rings. The first-order chi connectivity index (χ1) is 11.7. The number of hydrogen-bond acceptors (Lipinski definition) is 5. The van der Waals surface area contributed by atoms with Crippen molar-refractivity contribution in [2.45, 2.75) is 25.3 Å². The molecule has 0 unspecified atom stereocenters. The third kappa shape index (κ3) is 3.38. The third-order valence-corrected chi connectivity index (χ3v) is 4.13. The fraction of sp³-hybridized carbons (Fsp3) is 0.389.